The molecule has 2 saturated heterocycles. The largest absolute Gasteiger partial charge is 0.497 e. The second-order valence-electron chi connectivity index (χ2n) is 7.12. The van der Waals surface area contributed by atoms with Gasteiger partial charge in [-0.3, -0.25) is 4.90 Å². The van der Waals surface area contributed by atoms with Crippen LogP contribution in [0.25, 0.3) is 0 Å². The molecule has 2 aliphatic heterocycles. The third-order valence-electron chi connectivity index (χ3n) is 5.40. The second-order valence-corrected chi connectivity index (χ2v) is 7.12. The summed E-state index contributed by atoms with van der Waals surface area (Å²) >= 11 is 0. The first-order valence-electron chi connectivity index (χ1n) is 8.93. The molecule has 1 aliphatic carbocycles. The highest BCUT2D eigenvalue weighted by molar-refractivity contribution is 5.28. The highest BCUT2D eigenvalue weighted by Crippen LogP contribution is 2.34. The van der Waals surface area contributed by atoms with Gasteiger partial charge in [0.25, 0.3) is 0 Å². The van der Waals surface area contributed by atoms with Gasteiger partial charge in [0.05, 0.1) is 19.3 Å². The van der Waals surface area contributed by atoms with Crippen molar-refractivity contribution in [3.8, 4) is 5.75 Å². The van der Waals surface area contributed by atoms with Crippen molar-refractivity contribution in [2.45, 2.75) is 50.5 Å². The number of piperidine rings is 1. The third-order valence-corrected chi connectivity index (χ3v) is 5.40. The molecule has 4 heteroatoms. The van der Waals surface area contributed by atoms with Crippen LogP contribution in [0, 0.1) is 5.92 Å². The van der Waals surface area contributed by atoms with Gasteiger partial charge < -0.3 is 14.2 Å². The van der Waals surface area contributed by atoms with Crippen molar-refractivity contribution in [1.29, 1.82) is 0 Å². The number of benzene rings is 1. The molecule has 4 nitrogen and oxygen atoms in total. The van der Waals surface area contributed by atoms with E-state index in [2.05, 4.69) is 23.1 Å². The summed E-state index contributed by atoms with van der Waals surface area (Å²) < 4.78 is 17.6. The summed E-state index contributed by atoms with van der Waals surface area (Å²) in [6.45, 7) is 3.87. The maximum atomic E-state index is 6.18. The highest BCUT2D eigenvalue weighted by Gasteiger charge is 2.43. The molecule has 3 atom stereocenters. The minimum Gasteiger partial charge on any atom is -0.497 e. The van der Waals surface area contributed by atoms with Crippen LogP contribution in [0.2, 0.25) is 0 Å². The van der Waals surface area contributed by atoms with E-state index in [-0.39, 0.29) is 6.10 Å². The van der Waals surface area contributed by atoms with Crippen LogP contribution in [0.3, 0.4) is 0 Å². The number of hydrogen-bond acceptors (Lipinski definition) is 4. The molecule has 23 heavy (non-hydrogen) atoms. The number of nitrogens with zero attached hydrogens (tertiary/aromatic N) is 1. The zero-order valence-electron chi connectivity index (χ0n) is 13.9. The lowest BCUT2D eigenvalue weighted by molar-refractivity contribution is -0.102. The molecule has 126 valence electrons. The summed E-state index contributed by atoms with van der Waals surface area (Å²) in [5.41, 5.74) is 1.31. The number of likely N-dealkylation sites (tertiary alicyclic amines) is 1. The number of rotatable bonds is 6. The monoisotopic (exact) mass is 317 g/mol. The Morgan fingerprint density at radius 2 is 2.13 bits per heavy atom. The summed E-state index contributed by atoms with van der Waals surface area (Å²) in [4.78, 5) is 2.57. The number of fused-ring (bicyclic) bond motifs is 1. The highest BCUT2D eigenvalue weighted by atomic mass is 16.5. The average molecular weight is 317 g/mol. The Kier molecular flexibility index (Phi) is 4.56. The van der Waals surface area contributed by atoms with Gasteiger partial charge in [-0.1, -0.05) is 12.1 Å². The standard InChI is InChI=1S/C19H27NO3/c1-21-16-4-2-3-15(11-16)12-20-9-7-18(23-13-14-5-6-14)19-17(20)8-10-22-19/h2-4,11,14,17-19H,5-10,12-13H2,1H3/t17-,18+,19-/m0/s1. The number of methoxy groups -OCH3 is 1. The zero-order valence-corrected chi connectivity index (χ0v) is 13.9. The molecule has 0 N–H and O–H groups in total. The van der Waals surface area contributed by atoms with Gasteiger partial charge in [0.15, 0.2) is 0 Å². The smallest absolute Gasteiger partial charge is 0.119 e. The molecule has 0 bridgehead atoms. The van der Waals surface area contributed by atoms with Crippen LogP contribution >= 0.6 is 0 Å². The Morgan fingerprint density at radius 1 is 1.22 bits per heavy atom. The van der Waals surface area contributed by atoms with Crippen LogP contribution in [0.4, 0.5) is 0 Å². The van der Waals surface area contributed by atoms with Crippen molar-refractivity contribution in [3.63, 3.8) is 0 Å². The van der Waals surface area contributed by atoms with Gasteiger partial charge in [-0.05, 0) is 49.3 Å². The topological polar surface area (TPSA) is 30.9 Å². The van der Waals surface area contributed by atoms with Crippen LogP contribution < -0.4 is 4.74 Å². The first-order valence-corrected chi connectivity index (χ1v) is 8.93. The predicted molar refractivity (Wildman–Crippen MR) is 88.6 cm³/mol. The zero-order chi connectivity index (χ0) is 15.6. The maximum Gasteiger partial charge on any atom is 0.119 e. The molecule has 0 radical (unpaired) electrons. The quantitative estimate of drug-likeness (QED) is 0.807. The first-order chi connectivity index (χ1) is 11.3. The fourth-order valence-corrected chi connectivity index (χ4v) is 3.89. The summed E-state index contributed by atoms with van der Waals surface area (Å²) in [6, 6.07) is 8.90. The van der Waals surface area contributed by atoms with E-state index >= 15 is 0 Å². The number of ether oxygens (including phenoxy) is 3. The normalized spacial score (nSPS) is 31.1. The van der Waals surface area contributed by atoms with E-state index in [1.807, 2.05) is 6.07 Å². The summed E-state index contributed by atoms with van der Waals surface area (Å²) in [5.74, 6) is 1.76. The van der Waals surface area contributed by atoms with Gasteiger partial charge in [-0.15, -0.1) is 0 Å². The molecule has 3 aliphatic rings. The van der Waals surface area contributed by atoms with Crippen LogP contribution in [0.5, 0.6) is 5.75 Å². The molecule has 3 fully saturated rings. The minimum atomic E-state index is 0.258. The van der Waals surface area contributed by atoms with Crippen LogP contribution in [0.15, 0.2) is 24.3 Å². The first kappa shape index (κ1) is 15.4. The fraction of sp³-hybridized carbons (Fsp3) is 0.684. The Hall–Kier alpha value is -1.10. The Morgan fingerprint density at radius 3 is 2.96 bits per heavy atom. The third kappa shape index (κ3) is 3.54. The average Bonchev–Trinajstić information content (AvgIpc) is 3.28. The maximum absolute atomic E-state index is 6.18. The lowest BCUT2D eigenvalue weighted by Gasteiger charge is -2.41. The van der Waals surface area contributed by atoms with Crippen molar-refractivity contribution in [2.24, 2.45) is 5.92 Å². The van der Waals surface area contributed by atoms with E-state index < -0.39 is 0 Å². The van der Waals surface area contributed by atoms with E-state index in [0.29, 0.717) is 12.1 Å². The van der Waals surface area contributed by atoms with Crippen LogP contribution in [0.1, 0.15) is 31.2 Å². The van der Waals surface area contributed by atoms with Crippen molar-refractivity contribution in [1.82, 2.24) is 4.90 Å². The van der Waals surface area contributed by atoms with Gasteiger partial charge in [0.1, 0.15) is 5.75 Å². The van der Waals surface area contributed by atoms with Gasteiger partial charge >= 0.3 is 0 Å². The molecule has 0 aromatic heterocycles. The number of hydrogen-bond donors (Lipinski definition) is 0. The lowest BCUT2D eigenvalue weighted by atomic mass is 9.95. The summed E-state index contributed by atoms with van der Waals surface area (Å²) in [6.07, 6.45) is 5.46. The van der Waals surface area contributed by atoms with E-state index in [9.17, 15) is 0 Å². The molecule has 4 rings (SSSR count). The van der Waals surface area contributed by atoms with E-state index in [4.69, 9.17) is 14.2 Å². The molecular formula is C19H27NO3. The van der Waals surface area contributed by atoms with E-state index in [1.54, 1.807) is 7.11 Å². The summed E-state index contributed by atoms with van der Waals surface area (Å²) in [7, 11) is 1.72. The predicted octanol–water partition coefficient (Wildman–Crippen LogP) is 2.85. The molecular weight excluding hydrogens is 290 g/mol. The Labute approximate surface area is 138 Å². The Balaban J connectivity index is 1.39. The van der Waals surface area contributed by atoms with E-state index in [0.717, 1.165) is 50.8 Å². The molecule has 0 unspecified atom stereocenters. The molecule has 2 heterocycles. The summed E-state index contributed by atoms with van der Waals surface area (Å²) in [5, 5.41) is 0. The van der Waals surface area contributed by atoms with Gasteiger partial charge in [0, 0.05) is 32.3 Å². The molecule has 0 amide bonds. The SMILES string of the molecule is COc1cccc(CN2CC[C@@H](OCC3CC3)[C@H]3OCC[C@@H]32)c1. The van der Waals surface area contributed by atoms with Crippen molar-refractivity contribution < 1.29 is 14.2 Å². The lowest BCUT2D eigenvalue weighted by Crippen LogP contribution is -2.52. The van der Waals surface area contributed by atoms with Gasteiger partial charge in [0.2, 0.25) is 0 Å². The van der Waals surface area contributed by atoms with Crippen LogP contribution in [-0.2, 0) is 16.0 Å². The Bertz CT molecular complexity index is 531. The van der Waals surface area contributed by atoms with Crippen molar-refractivity contribution in [3.05, 3.63) is 29.8 Å². The van der Waals surface area contributed by atoms with Crippen molar-refractivity contribution >= 4 is 0 Å². The van der Waals surface area contributed by atoms with Crippen molar-refractivity contribution in [2.75, 3.05) is 26.9 Å². The minimum absolute atomic E-state index is 0.258. The van der Waals surface area contributed by atoms with Gasteiger partial charge in [-0.2, -0.15) is 0 Å². The second kappa shape index (κ2) is 6.80. The fourth-order valence-electron chi connectivity index (χ4n) is 3.89. The van der Waals surface area contributed by atoms with Gasteiger partial charge in [-0.25, -0.2) is 0 Å². The molecule has 1 aromatic carbocycles. The van der Waals surface area contributed by atoms with Crippen LogP contribution in [-0.4, -0.2) is 50.0 Å². The molecule has 1 saturated carbocycles. The molecule has 1 aromatic rings. The van der Waals surface area contributed by atoms with E-state index in [1.165, 1.54) is 18.4 Å². The molecule has 0 spiro atoms.